The predicted octanol–water partition coefficient (Wildman–Crippen LogP) is 2.48. The molecular formula is C11H11Cl2NO2. The number of anilines is 1. The van der Waals surface area contributed by atoms with Crippen LogP contribution in [0.5, 0.6) is 0 Å². The number of hydrogen-bond donors (Lipinski definition) is 1. The number of β-amino-alcohol motifs (C(OH)–C–C–N with tert-alkyl or cyclic N) is 1. The molecule has 1 fully saturated rings. The van der Waals surface area contributed by atoms with Gasteiger partial charge in [-0.3, -0.25) is 4.79 Å². The molecule has 1 amide bonds. The zero-order valence-electron chi connectivity index (χ0n) is 8.49. The molecule has 1 aromatic rings. The van der Waals surface area contributed by atoms with Crippen molar-refractivity contribution >= 4 is 34.8 Å². The van der Waals surface area contributed by atoms with Gasteiger partial charge in [0.05, 0.1) is 22.7 Å². The van der Waals surface area contributed by atoms with Gasteiger partial charge in [0.2, 0.25) is 5.91 Å². The molecule has 16 heavy (non-hydrogen) atoms. The topological polar surface area (TPSA) is 40.5 Å². The lowest BCUT2D eigenvalue weighted by Gasteiger charge is -2.30. The highest BCUT2D eigenvalue weighted by Gasteiger charge is 2.25. The number of amides is 1. The summed E-state index contributed by atoms with van der Waals surface area (Å²) < 4.78 is 0. The van der Waals surface area contributed by atoms with Crippen molar-refractivity contribution in [3.05, 3.63) is 28.2 Å². The summed E-state index contributed by atoms with van der Waals surface area (Å²) >= 11 is 11.7. The van der Waals surface area contributed by atoms with Crippen LogP contribution in [0.15, 0.2) is 18.2 Å². The summed E-state index contributed by atoms with van der Waals surface area (Å²) in [5.74, 6) is 0.00342. The summed E-state index contributed by atoms with van der Waals surface area (Å²) in [5.41, 5.74) is 0.679. The molecule has 1 aliphatic heterocycles. The van der Waals surface area contributed by atoms with Gasteiger partial charge >= 0.3 is 0 Å². The van der Waals surface area contributed by atoms with E-state index in [9.17, 15) is 9.90 Å². The molecule has 2 rings (SSSR count). The molecule has 0 saturated carbocycles. The lowest BCUT2D eigenvalue weighted by molar-refractivity contribution is -0.121. The smallest absolute Gasteiger partial charge is 0.227 e. The lowest BCUT2D eigenvalue weighted by atomic mass is 10.1. The van der Waals surface area contributed by atoms with E-state index in [1.807, 2.05) is 0 Å². The Morgan fingerprint density at radius 3 is 2.75 bits per heavy atom. The first-order valence-electron chi connectivity index (χ1n) is 5.01. The number of aliphatic hydroxyl groups is 1. The van der Waals surface area contributed by atoms with Crippen molar-refractivity contribution in [1.29, 1.82) is 0 Å². The van der Waals surface area contributed by atoms with E-state index in [1.54, 1.807) is 18.2 Å². The highest BCUT2D eigenvalue weighted by molar-refractivity contribution is 6.42. The van der Waals surface area contributed by atoms with E-state index >= 15 is 0 Å². The van der Waals surface area contributed by atoms with Gasteiger partial charge in [-0.2, -0.15) is 0 Å². The molecule has 1 aliphatic rings. The monoisotopic (exact) mass is 259 g/mol. The van der Waals surface area contributed by atoms with Crippen molar-refractivity contribution in [3.63, 3.8) is 0 Å². The molecule has 0 spiro atoms. The minimum Gasteiger partial charge on any atom is -0.391 e. The van der Waals surface area contributed by atoms with Gasteiger partial charge in [-0.25, -0.2) is 0 Å². The zero-order valence-corrected chi connectivity index (χ0v) is 10.0. The highest BCUT2D eigenvalue weighted by Crippen LogP contribution is 2.29. The average Bonchev–Trinajstić information content (AvgIpc) is 2.26. The number of carbonyl (C=O) groups excluding carboxylic acids is 1. The van der Waals surface area contributed by atoms with Gasteiger partial charge in [0, 0.05) is 12.1 Å². The van der Waals surface area contributed by atoms with Crippen molar-refractivity contribution < 1.29 is 9.90 Å². The van der Waals surface area contributed by atoms with E-state index in [0.29, 0.717) is 35.1 Å². The maximum absolute atomic E-state index is 11.7. The Morgan fingerprint density at radius 1 is 1.31 bits per heavy atom. The number of aliphatic hydroxyl groups excluding tert-OH is 1. The molecule has 0 radical (unpaired) electrons. The molecule has 0 aromatic heterocycles. The number of benzene rings is 1. The number of hydrogen-bond acceptors (Lipinski definition) is 2. The number of nitrogens with zero attached hydrogens (tertiary/aromatic N) is 1. The molecule has 3 nitrogen and oxygen atoms in total. The van der Waals surface area contributed by atoms with E-state index in [1.165, 1.54) is 4.90 Å². The molecule has 86 valence electrons. The van der Waals surface area contributed by atoms with Gasteiger partial charge < -0.3 is 10.0 Å². The number of carbonyl (C=O) groups is 1. The van der Waals surface area contributed by atoms with Gasteiger partial charge in [-0.1, -0.05) is 23.2 Å². The fourth-order valence-corrected chi connectivity index (χ4v) is 2.02. The van der Waals surface area contributed by atoms with Gasteiger partial charge in [-0.05, 0) is 24.6 Å². The Balaban J connectivity index is 2.28. The molecule has 0 bridgehead atoms. The van der Waals surface area contributed by atoms with Crippen LogP contribution in [0, 0.1) is 0 Å². The van der Waals surface area contributed by atoms with Crippen LogP contribution in [0.3, 0.4) is 0 Å². The molecular weight excluding hydrogens is 249 g/mol. The third kappa shape index (κ3) is 2.32. The van der Waals surface area contributed by atoms with E-state index in [2.05, 4.69) is 0 Å². The first kappa shape index (κ1) is 11.7. The second-order valence-electron chi connectivity index (χ2n) is 3.80. The molecule has 1 atom stereocenters. The van der Waals surface area contributed by atoms with Crippen LogP contribution in [-0.4, -0.2) is 23.7 Å². The Bertz CT molecular complexity index is 422. The largest absolute Gasteiger partial charge is 0.391 e. The normalized spacial score (nSPS) is 21.3. The second kappa shape index (κ2) is 4.62. The molecule has 1 heterocycles. The van der Waals surface area contributed by atoms with Gasteiger partial charge in [0.1, 0.15) is 0 Å². The van der Waals surface area contributed by atoms with E-state index in [0.717, 1.165) is 0 Å². The average molecular weight is 260 g/mol. The number of rotatable bonds is 1. The quantitative estimate of drug-likeness (QED) is 0.842. The maximum Gasteiger partial charge on any atom is 0.227 e. The van der Waals surface area contributed by atoms with Gasteiger partial charge in [-0.15, -0.1) is 0 Å². The SMILES string of the molecule is O=C1CCC(O)CN1c1ccc(Cl)c(Cl)c1. The minimum atomic E-state index is -0.466. The standard InChI is InChI=1S/C11H11Cl2NO2/c12-9-3-1-7(5-10(9)13)14-6-8(15)2-4-11(14)16/h1,3,5,8,15H,2,4,6H2. The second-order valence-corrected chi connectivity index (χ2v) is 4.61. The predicted molar refractivity (Wildman–Crippen MR) is 64.1 cm³/mol. The van der Waals surface area contributed by atoms with E-state index < -0.39 is 6.10 Å². The third-order valence-corrected chi connectivity index (χ3v) is 3.34. The zero-order chi connectivity index (χ0) is 11.7. The Labute approximate surface area is 104 Å². The van der Waals surface area contributed by atoms with E-state index in [-0.39, 0.29) is 5.91 Å². The van der Waals surface area contributed by atoms with Crippen LogP contribution < -0.4 is 4.90 Å². The van der Waals surface area contributed by atoms with Crippen LogP contribution in [-0.2, 0) is 4.79 Å². The van der Waals surface area contributed by atoms with Gasteiger partial charge in [0.25, 0.3) is 0 Å². The fraction of sp³-hybridized carbons (Fsp3) is 0.364. The molecule has 1 saturated heterocycles. The molecule has 5 heteroatoms. The first-order valence-corrected chi connectivity index (χ1v) is 5.77. The van der Waals surface area contributed by atoms with Crippen LogP contribution in [0.4, 0.5) is 5.69 Å². The molecule has 1 unspecified atom stereocenters. The number of halogens is 2. The van der Waals surface area contributed by atoms with Crippen molar-refractivity contribution in [1.82, 2.24) is 0 Å². The van der Waals surface area contributed by atoms with Gasteiger partial charge in [0.15, 0.2) is 0 Å². The van der Waals surface area contributed by atoms with Crippen LogP contribution in [0.2, 0.25) is 10.0 Å². The summed E-state index contributed by atoms with van der Waals surface area (Å²) in [6.45, 7) is 0.316. The summed E-state index contributed by atoms with van der Waals surface area (Å²) in [6, 6.07) is 5.01. The van der Waals surface area contributed by atoms with E-state index in [4.69, 9.17) is 23.2 Å². The van der Waals surface area contributed by atoms with Crippen molar-refractivity contribution in [2.75, 3.05) is 11.4 Å². The van der Waals surface area contributed by atoms with Crippen molar-refractivity contribution in [2.24, 2.45) is 0 Å². The summed E-state index contributed by atoms with van der Waals surface area (Å²) in [4.78, 5) is 13.2. The Kier molecular flexibility index (Phi) is 3.38. The first-order chi connectivity index (χ1) is 7.58. The lowest BCUT2D eigenvalue weighted by Crippen LogP contribution is -2.42. The van der Waals surface area contributed by atoms with Crippen molar-refractivity contribution in [2.45, 2.75) is 18.9 Å². The molecule has 1 N–H and O–H groups in total. The fourth-order valence-electron chi connectivity index (χ4n) is 1.73. The third-order valence-electron chi connectivity index (χ3n) is 2.60. The maximum atomic E-state index is 11.7. The minimum absolute atomic E-state index is 0.00342. The highest BCUT2D eigenvalue weighted by atomic mass is 35.5. The number of piperidine rings is 1. The molecule has 0 aliphatic carbocycles. The summed E-state index contributed by atoms with van der Waals surface area (Å²) in [5, 5.41) is 10.4. The van der Waals surface area contributed by atoms with Crippen LogP contribution >= 0.6 is 23.2 Å². The van der Waals surface area contributed by atoms with Crippen LogP contribution in [0.25, 0.3) is 0 Å². The Morgan fingerprint density at radius 2 is 2.06 bits per heavy atom. The van der Waals surface area contributed by atoms with Crippen molar-refractivity contribution in [3.8, 4) is 0 Å². The van der Waals surface area contributed by atoms with Crippen LogP contribution in [0.1, 0.15) is 12.8 Å². The Hall–Kier alpha value is -0.770. The summed E-state index contributed by atoms with van der Waals surface area (Å²) in [7, 11) is 0. The molecule has 1 aromatic carbocycles. The summed E-state index contributed by atoms with van der Waals surface area (Å²) in [6.07, 6.45) is 0.421.